The Hall–Kier alpha value is -1.23. The van der Waals surface area contributed by atoms with Crippen LogP contribution in [0.2, 0.25) is 0 Å². The van der Waals surface area contributed by atoms with Crippen molar-refractivity contribution in [3.63, 3.8) is 0 Å². The van der Waals surface area contributed by atoms with Crippen LogP contribution in [0.25, 0.3) is 0 Å². The second-order valence-corrected chi connectivity index (χ2v) is 5.68. The van der Waals surface area contributed by atoms with Crippen LogP contribution < -0.4 is 15.8 Å². The number of hydrogen-bond donors (Lipinski definition) is 2. The van der Waals surface area contributed by atoms with E-state index in [0.29, 0.717) is 18.4 Å². The number of ether oxygens (including phenoxy) is 1. The van der Waals surface area contributed by atoms with E-state index in [1.54, 1.807) is 7.11 Å². The molecule has 0 amide bonds. The maximum atomic E-state index is 5.82. The summed E-state index contributed by atoms with van der Waals surface area (Å²) in [5, 5.41) is 3.11. The molecule has 3 N–H and O–H groups in total. The number of aliphatic imine (C=N–C) groups is 1. The molecule has 106 valence electrons. The van der Waals surface area contributed by atoms with Gasteiger partial charge in [-0.05, 0) is 30.5 Å². The molecule has 1 rings (SSSR count). The number of halogens is 1. The van der Waals surface area contributed by atoms with E-state index in [0.717, 1.165) is 28.8 Å². The number of nitrogens with one attached hydrogen (secondary N) is 1. The number of nitrogens with two attached hydrogens (primary N) is 1. The van der Waals surface area contributed by atoms with Crippen LogP contribution >= 0.6 is 15.9 Å². The number of benzene rings is 1. The molecule has 0 aliphatic heterocycles. The highest BCUT2D eigenvalue weighted by atomic mass is 79.9. The van der Waals surface area contributed by atoms with Gasteiger partial charge in [0.2, 0.25) is 0 Å². The molecule has 0 spiro atoms. The molecule has 0 aliphatic rings. The molecule has 0 radical (unpaired) electrons. The third-order valence-electron chi connectivity index (χ3n) is 2.69. The Balaban J connectivity index is 2.57. The summed E-state index contributed by atoms with van der Waals surface area (Å²) >= 11 is 3.44. The second-order valence-electron chi connectivity index (χ2n) is 4.77. The average molecular weight is 328 g/mol. The van der Waals surface area contributed by atoms with E-state index in [9.17, 15) is 0 Å². The lowest BCUT2D eigenvalue weighted by molar-refractivity contribution is 0.410. The fourth-order valence-electron chi connectivity index (χ4n) is 1.59. The highest BCUT2D eigenvalue weighted by molar-refractivity contribution is 9.10. The first kappa shape index (κ1) is 15.8. The lowest BCUT2D eigenvalue weighted by atomic mass is 10.1. The molecule has 19 heavy (non-hydrogen) atoms. The molecular weight excluding hydrogens is 306 g/mol. The molecule has 0 atom stereocenters. The normalized spacial score (nSPS) is 11.7. The number of nitrogens with zero attached hydrogens (tertiary/aromatic N) is 1. The Morgan fingerprint density at radius 3 is 2.84 bits per heavy atom. The van der Waals surface area contributed by atoms with Gasteiger partial charge in [0.15, 0.2) is 5.96 Å². The van der Waals surface area contributed by atoms with Crippen LogP contribution in [-0.4, -0.2) is 19.6 Å². The van der Waals surface area contributed by atoms with Crippen LogP contribution in [0.1, 0.15) is 25.8 Å². The van der Waals surface area contributed by atoms with Gasteiger partial charge in [-0.25, -0.2) is 4.99 Å². The van der Waals surface area contributed by atoms with Gasteiger partial charge in [0.05, 0.1) is 13.7 Å². The first-order valence-corrected chi connectivity index (χ1v) is 7.18. The lowest BCUT2D eigenvalue weighted by Gasteiger charge is -2.09. The minimum absolute atomic E-state index is 0.475. The van der Waals surface area contributed by atoms with Gasteiger partial charge in [0, 0.05) is 16.6 Å². The summed E-state index contributed by atoms with van der Waals surface area (Å²) in [5.41, 5.74) is 6.83. The van der Waals surface area contributed by atoms with Crippen LogP contribution in [0.3, 0.4) is 0 Å². The molecular formula is C14H22BrN3O. The number of rotatable bonds is 6. The molecule has 1 aromatic rings. The minimum Gasteiger partial charge on any atom is -0.496 e. The fourth-order valence-corrected chi connectivity index (χ4v) is 1.99. The molecule has 5 heteroatoms. The summed E-state index contributed by atoms with van der Waals surface area (Å²) in [7, 11) is 1.65. The highest BCUT2D eigenvalue weighted by Crippen LogP contribution is 2.23. The molecule has 4 nitrogen and oxygen atoms in total. The topological polar surface area (TPSA) is 59.6 Å². The maximum Gasteiger partial charge on any atom is 0.188 e. The van der Waals surface area contributed by atoms with E-state index in [4.69, 9.17) is 10.5 Å². The van der Waals surface area contributed by atoms with E-state index < -0.39 is 0 Å². The van der Waals surface area contributed by atoms with Crippen molar-refractivity contribution in [2.24, 2.45) is 16.6 Å². The van der Waals surface area contributed by atoms with Crippen LogP contribution in [0, 0.1) is 5.92 Å². The zero-order valence-electron chi connectivity index (χ0n) is 11.7. The monoisotopic (exact) mass is 327 g/mol. The second kappa shape index (κ2) is 8.04. The Morgan fingerprint density at radius 1 is 1.47 bits per heavy atom. The summed E-state index contributed by atoms with van der Waals surface area (Å²) in [4.78, 5) is 4.32. The van der Waals surface area contributed by atoms with Crippen molar-refractivity contribution < 1.29 is 4.74 Å². The van der Waals surface area contributed by atoms with Crippen LogP contribution in [0.5, 0.6) is 5.75 Å². The lowest BCUT2D eigenvalue weighted by Crippen LogP contribution is -2.32. The average Bonchev–Trinajstić information content (AvgIpc) is 2.36. The number of methoxy groups -OCH3 is 1. The summed E-state index contributed by atoms with van der Waals surface area (Å²) < 4.78 is 6.30. The molecule has 0 bridgehead atoms. The first-order chi connectivity index (χ1) is 9.02. The van der Waals surface area contributed by atoms with Gasteiger partial charge in [0.25, 0.3) is 0 Å². The van der Waals surface area contributed by atoms with E-state index in [1.165, 1.54) is 0 Å². The van der Waals surface area contributed by atoms with Gasteiger partial charge >= 0.3 is 0 Å². The summed E-state index contributed by atoms with van der Waals surface area (Å²) in [6, 6.07) is 5.84. The first-order valence-electron chi connectivity index (χ1n) is 6.39. The van der Waals surface area contributed by atoms with Crippen molar-refractivity contribution in [2.75, 3.05) is 13.7 Å². The van der Waals surface area contributed by atoms with Gasteiger partial charge in [-0.15, -0.1) is 0 Å². The number of guanidine groups is 1. The molecule has 0 heterocycles. The van der Waals surface area contributed by atoms with E-state index >= 15 is 0 Å². The van der Waals surface area contributed by atoms with Gasteiger partial charge in [-0.1, -0.05) is 29.8 Å². The molecule has 0 saturated carbocycles. The van der Waals surface area contributed by atoms with Crippen molar-refractivity contribution in [1.82, 2.24) is 5.32 Å². The smallest absolute Gasteiger partial charge is 0.188 e. The van der Waals surface area contributed by atoms with Gasteiger partial charge in [-0.3, -0.25) is 0 Å². The third kappa shape index (κ3) is 5.96. The van der Waals surface area contributed by atoms with Gasteiger partial charge in [-0.2, -0.15) is 0 Å². The molecule has 0 fully saturated rings. The van der Waals surface area contributed by atoms with E-state index in [1.807, 2.05) is 18.2 Å². The molecule has 0 aromatic heterocycles. The van der Waals surface area contributed by atoms with E-state index in [-0.39, 0.29) is 0 Å². The summed E-state index contributed by atoms with van der Waals surface area (Å²) in [5.74, 6) is 1.95. The Labute approximate surface area is 123 Å². The fraction of sp³-hybridized carbons (Fsp3) is 0.500. The Morgan fingerprint density at radius 2 is 2.21 bits per heavy atom. The standard InChI is InChI=1S/C14H22BrN3O/c1-10(2)6-7-17-14(16)18-9-11-8-12(15)4-5-13(11)19-3/h4-5,8,10H,6-7,9H2,1-3H3,(H3,16,17,18). The maximum absolute atomic E-state index is 5.82. The molecule has 0 aliphatic carbocycles. The van der Waals surface area contributed by atoms with Crippen molar-refractivity contribution in [1.29, 1.82) is 0 Å². The minimum atomic E-state index is 0.475. The van der Waals surface area contributed by atoms with Gasteiger partial charge in [0.1, 0.15) is 5.75 Å². The highest BCUT2D eigenvalue weighted by Gasteiger charge is 2.03. The third-order valence-corrected chi connectivity index (χ3v) is 3.18. The summed E-state index contributed by atoms with van der Waals surface area (Å²) in [6.45, 7) is 5.72. The van der Waals surface area contributed by atoms with E-state index in [2.05, 4.69) is 40.1 Å². The number of hydrogen-bond acceptors (Lipinski definition) is 2. The molecule has 0 saturated heterocycles. The zero-order chi connectivity index (χ0) is 14.3. The SMILES string of the molecule is COc1ccc(Br)cc1CN=C(N)NCCC(C)C. The summed E-state index contributed by atoms with van der Waals surface area (Å²) in [6.07, 6.45) is 1.08. The van der Waals surface area contributed by atoms with Crippen molar-refractivity contribution in [2.45, 2.75) is 26.8 Å². The van der Waals surface area contributed by atoms with Crippen LogP contribution in [0.4, 0.5) is 0 Å². The van der Waals surface area contributed by atoms with Crippen LogP contribution in [0.15, 0.2) is 27.7 Å². The molecule has 1 aromatic carbocycles. The van der Waals surface area contributed by atoms with Gasteiger partial charge < -0.3 is 15.8 Å². The predicted molar refractivity (Wildman–Crippen MR) is 83.5 cm³/mol. The zero-order valence-corrected chi connectivity index (χ0v) is 13.3. The van der Waals surface area contributed by atoms with Crippen molar-refractivity contribution >= 4 is 21.9 Å². The van der Waals surface area contributed by atoms with Crippen molar-refractivity contribution in [3.05, 3.63) is 28.2 Å². The predicted octanol–water partition coefficient (Wildman–Crippen LogP) is 2.91. The van der Waals surface area contributed by atoms with Crippen molar-refractivity contribution in [3.8, 4) is 5.75 Å². The molecule has 0 unspecified atom stereocenters. The Kier molecular flexibility index (Phi) is 6.70. The Bertz CT molecular complexity index is 433. The largest absolute Gasteiger partial charge is 0.496 e. The quantitative estimate of drug-likeness (QED) is 0.623. The van der Waals surface area contributed by atoms with Crippen LogP contribution in [-0.2, 0) is 6.54 Å².